The molecule has 0 bridgehead atoms. The number of allylic oxidation sites excluding steroid dienone is 1. The Labute approximate surface area is 176 Å². The Morgan fingerprint density at radius 1 is 1.17 bits per heavy atom. The fourth-order valence-corrected chi connectivity index (χ4v) is 3.92. The minimum atomic E-state index is -0.121. The highest BCUT2D eigenvalue weighted by Gasteiger charge is 2.14. The number of hydrogen-bond acceptors (Lipinski definition) is 6. The molecular weight excluding hydrogens is 384 g/mol. The molecule has 0 atom stereocenters. The van der Waals surface area contributed by atoms with Crippen molar-refractivity contribution in [1.29, 1.82) is 0 Å². The number of thioether (sulfide) groups is 1. The molecule has 7 nitrogen and oxygen atoms in total. The van der Waals surface area contributed by atoms with Crippen LogP contribution in [0.15, 0.2) is 53.2 Å². The van der Waals surface area contributed by atoms with E-state index in [0.717, 1.165) is 42.9 Å². The number of aromatic nitrogens is 3. The van der Waals surface area contributed by atoms with Gasteiger partial charge in [0.2, 0.25) is 0 Å². The molecule has 2 aromatic rings. The van der Waals surface area contributed by atoms with Gasteiger partial charge in [-0.3, -0.25) is 4.79 Å². The Morgan fingerprint density at radius 2 is 1.93 bits per heavy atom. The Bertz CT molecular complexity index is 823. The van der Waals surface area contributed by atoms with Gasteiger partial charge < -0.3 is 9.88 Å². The van der Waals surface area contributed by atoms with E-state index in [1.165, 1.54) is 24.6 Å². The fourth-order valence-electron chi connectivity index (χ4n) is 3.16. The van der Waals surface area contributed by atoms with Crippen LogP contribution in [0.4, 0.5) is 5.69 Å². The molecule has 1 fully saturated rings. The lowest BCUT2D eigenvalue weighted by Gasteiger charge is -2.09. The molecule has 0 unspecified atom stereocenters. The van der Waals surface area contributed by atoms with E-state index < -0.39 is 0 Å². The third kappa shape index (κ3) is 6.74. The molecule has 1 aromatic heterocycles. The van der Waals surface area contributed by atoms with Crippen LogP contribution >= 0.6 is 11.8 Å². The minimum absolute atomic E-state index is 0.121. The summed E-state index contributed by atoms with van der Waals surface area (Å²) in [4.78, 5) is 12.2. The van der Waals surface area contributed by atoms with Gasteiger partial charge in [-0.1, -0.05) is 48.9 Å². The van der Waals surface area contributed by atoms with Gasteiger partial charge in [0.05, 0.1) is 12.3 Å². The second-order valence-electron chi connectivity index (χ2n) is 6.93. The lowest BCUT2D eigenvalue weighted by molar-refractivity contribution is -0.118. The van der Waals surface area contributed by atoms with Crippen molar-refractivity contribution in [3.8, 4) is 0 Å². The van der Waals surface area contributed by atoms with E-state index in [1.807, 2.05) is 34.9 Å². The maximum Gasteiger partial charge on any atom is 0.250 e. The first kappa shape index (κ1) is 21.1. The Morgan fingerprint density at radius 3 is 2.66 bits per heavy atom. The third-order valence-electron chi connectivity index (χ3n) is 4.68. The van der Waals surface area contributed by atoms with Crippen molar-refractivity contribution in [1.82, 2.24) is 20.2 Å². The Balaban J connectivity index is 1.54. The van der Waals surface area contributed by atoms with Crippen LogP contribution in [-0.2, 0) is 17.9 Å². The second-order valence-corrected chi connectivity index (χ2v) is 7.88. The van der Waals surface area contributed by atoms with Crippen molar-refractivity contribution < 1.29 is 4.79 Å². The van der Waals surface area contributed by atoms with Gasteiger partial charge in [0.25, 0.3) is 5.91 Å². The molecule has 0 saturated heterocycles. The van der Waals surface area contributed by atoms with Crippen molar-refractivity contribution in [2.75, 3.05) is 11.1 Å². The van der Waals surface area contributed by atoms with Crippen molar-refractivity contribution in [2.24, 2.45) is 5.10 Å². The predicted octanol–water partition coefficient (Wildman–Crippen LogP) is 3.99. The highest BCUT2D eigenvalue weighted by atomic mass is 32.2. The van der Waals surface area contributed by atoms with Gasteiger partial charge in [-0.05, 0) is 37.8 Å². The predicted molar refractivity (Wildman–Crippen MR) is 118 cm³/mol. The molecule has 8 heteroatoms. The van der Waals surface area contributed by atoms with E-state index in [9.17, 15) is 4.79 Å². The van der Waals surface area contributed by atoms with Crippen LogP contribution in [0, 0.1) is 0 Å². The fraction of sp³-hybridized carbons (Fsp3) is 0.429. The number of nitrogens with one attached hydrogen (secondary N) is 2. The van der Waals surface area contributed by atoms with E-state index in [0.29, 0.717) is 18.2 Å². The molecule has 2 N–H and O–H groups in total. The van der Waals surface area contributed by atoms with Gasteiger partial charge >= 0.3 is 0 Å². The van der Waals surface area contributed by atoms with Gasteiger partial charge in [0, 0.05) is 17.9 Å². The van der Waals surface area contributed by atoms with Gasteiger partial charge in [0.1, 0.15) is 0 Å². The highest BCUT2D eigenvalue weighted by Crippen LogP contribution is 2.18. The molecule has 3 rings (SSSR count). The number of carbonyl (C=O) groups is 1. The van der Waals surface area contributed by atoms with Crippen LogP contribution in [0.2, 0.25) is 0 Å². The van der Waals surface area contributed by atoms with Crippen molar-refractivity contribution in [2.45, 2.75) is 56.8 Å². The van der Waals surface area contributed by atoms with Crippen LogP contribution in [0.5, 0.6) is 0 Å². The number of hydrazone groups is 1. The summed E-state index contributed by atoms with van der Waals surface area (Å²) in [5.41, 5.74) is 4.82. The summed E-state index contributed by atoms with van der Waals surface area (Å²) in [5, 5.41) is 16.9. The zero-order valence-corrected chi connectivity index (χ0v) is 17.5. The topological polar surface area (TPSA) is 84.2 Å². The van der Waals surface area contributed by atoms with Crippen molar-refractivity contribution in [3.63, 3.8) is 0 Å². The monoisotopic (exact) mass is 412 g/mol. The zero-order valence-electron chi connectivity index (χ0n) is 16.6. The summed E-state index contributed by atoms with van der Waals surface area (Å²) in [7, 11) is 0. The summed E-state index contributed by atoms with van der Waals surface area (Å²) in [6.45, 7) is 4.95. The first-order valence-electron chi connectivity index (χ1n) is 10.0. The molecule has 1 aromatic carbocycles. The maximum atomic E-state index is 12.2. The summed E-state index contributed by atoms with van der Waals surface area (Å²) in [5.74, 6) is 0.928. The summed E-state index contributed by atoms with van der Waals surface area (Å²) < 4.78 is 1.97. The third-order valence-corrected chi connectivity index (χ3v) is 5.65. The van der Waals surface area contributed by atoms with Crippen LogP contribution in [-0.4, -0.2) is 32.1 Å². The number of nitrogens with zero attached hydrogens (tertiary/aromatic N) is 4. The van der Waals surface area contributed by atoms with Crippen LogP contribution < -0.4 is 10.7 Å². The number of carbonyl (C=O) groups excluding carboxylic acids is 1. The van der Waals surface area contributed by atoms with Gasteiger partial charge in [-0.25, -0.2) is 5.43 Å². The molecule has 1 amide bonds. The first-order valence-corrected chi connectivity index (χ1v) is 11.0. The normalized spacial score (nSPS) is 14.1. The standard InChI is InChI=1S/C21H28N6OS/c1-2-14-27-19(15-22-17-10-8-5-9-11-17)24-26-21(27)29-16-20(28)25-23-18-12-6-3-4-7-13-18/h2,5,8-11,22H,1,3-4,6-7,12-16H2,(H,25,28). The molecule has 1 saturated carbocycles. The quantitative estimate of drug-likeness (QED) is 0.281. The van der Waals surface area contributed by atoms with Crippen LogP contribution in [0.3, 0.4) is 0 Å². The molecule has 0 aliphatic heterocycles. The van der Waals surface area contributed by atoms with E-state index >= 15 is 0 Å². The maximum absolute atomic E-state index is 12.2. The van der Waals surface area contributed by atoms with E-state index in [-0.39, 0.29) is 11.7 Å². The molecule has 29 heavy (non-hydrogen) atoms. The van der Waals surface area contributed by atoms with E-state index in [4.69, 9.17) is 0 Å². The molecular formula is C21H28N6OS. The highest BCUT2D eigenvalue weighted by molar-refractivity contribution is 7.99. The number of benzene rings is 1. The first-order chi connectivity index (χ1) is 14.3. The van der Waals surface area contributed by atoms with Gasteiger partial charge in [0.15, 0.2) is 11.0 Å². The van der Waals surface area contributed by atoms with Crippen molar-refractivity contribution in [3.05, 3.63) is 48.8 Å². The molecule has 0 spiro atoms. The van der Waals surface area contributed by atoms with Crippen molar-refractivity contribution >= 4 is 29.1 Å². The summed E-state index contributed by atoms with van der Waals surface area (Å²) >= 11 is 1.36. The molecule has 1 aliphatic rings. The molecule has 0 radical (unpaired) electrons. The summed E-state index contributed by atoms with van der Waals surface area (Å²) in [6, 6.07) is 9.95. The number of anilines is 1. The smallest absolute Gasteiger partial charge is 0.250 e. The number of para-hydroxylation sites is 1. The Hall–Kier alpha value is -2.61. The second kappa shape index (κ2) is 11.4. The van der Waals surface area contributed by atoms with Gasteiger partial charge in [-0.2, -0.15) is 5.10 Å². The number of amides is 1. The number of rotatable bonds is 9. The lowest BCUT2D eigenvalue weighted by Crippen LogP contribution is -2.21. The SMILES string of the molecule is C=CCn1c(CNc2ccccc2)nnc1SCC(=O)NN=C1CCCCCC1. The summed E-state index contributed by atoms with van der Waals surface area (Å²) in [6.07, 6.45) is 8.60. The van der Waals surface area contributed by atoms with Crippen LogP contribution in [0.1, 0.15) is 44.3 Å². The average molecular weight is 413 g/mol. The molecule has 154 valence electrons. The largest absolute Gasteiger partial charge is 0.378 e. The zero-order chi connectivity index (χ0) is 20.3. The average Bonchev–Trinajstić information content (AvgIpc) is 2.94. The molecule has 1 heterocycles. The lowest BCUT2D eigenvalue weighted by atomic mass is 10.2. The van der Waals surface area contributed by atoms with Crippen LogP contribution in [0.25, 0.3) is 0 Å². The van der Waals surface area contributed by atoms with E-state index in [2.05, 4.69) is 32.6 Å². The molecule has 1 aliphatic carbocycles. The Kier molecular flexibility index (Phi) is 8.30. The van der Waals surface area contributed by atoms with Gasteiger partial charge in [-0.15, -0.1) is 16.8 Å². The minimum Gasteiger partial charge on any atom is -0.378 e. The number of hydrogen-bond donors (Lipinski definition) is 2. The van der Waals surface area contributed by atoms with E-state index in [1.54, 1.807) is 6.08 Å².